The summed E-state index contributed by atoms with van der Waals surface area (Å²) in [5.74, 6) is 0.0801. The van der Waals surface area contributed by atoms with Crippen LogP contribution in [0.3, 0.4) is 0 Å². The fraction of sp³-hybridized carbons (Fsp3) is 0.875. The lowest BCUT2D eigenvalue weighted by Crippen LogP contribution is -2.31. The summed E-state index contributed by atoms with van der Waals surface area (Å²) in [4.78, 5) is 10.6. The molecular formula is C8H17NO2. The zero-order valence-corrected chi connectivity index (χ0v) is 7.46. The molecule has 3 nitrogen and oxygen atoms in total. The standard InChI is InChI=1S/C8H17NO2/c1-4-7(8(9)10)11-5-6(2)3/h6-7H,4-5H2,1-3H3,(H2,9,10). The number of carbonyl (C=O) groups excluding carboxylic acids is 1. The van der Waals surface area contributed by atoms with Gasteiger partial charge >= 0.3 is 0 Å². The molecule has 1 amide bonds. The van der Waals surface area contributed by atoms with Crippen molar-refractivity contribution < 1.29 is 9.53 Å². The van der Waals surface area contributed by atoms with E-state index >= 15 is 0 Å². The van der Waals surface area contributed by atoms with E-state index in [1.807, 2.05) is 20.8 Å². The minimum Gasteiger partial charge on any atom is -0.368 e. The molecule has 3 heteroatoms. The van der Waals surface area contributed by atoms with Crippen LogP contribution in [-0.2, 0) is 9.53 Å². The van der Waals surface area contributed by atoms with Crippen LogP contribution in [0.5, 0.6) is 0 Å². The molecule has 0 bridgehead atoms. The van der Waals surface area contributed by atoms with E-state index in [1.54, 1.807) is 0 Å². The lowest BCUT2D eigenvalue weighted by Gasteiger charge is -2.13. The Kier molecular flexibility index (Phi) is 4.86. The third-order valence-electron chi connectivity index (χ3n) is 1.32. The molecule has 1 unspecified atom stereocenters. The molecule has 0 spiro atoms. The van der Waals surface area contributed by atoms with Gasteiger partial charge in [0, 0.05) is 6.61 Å². The van der Waals surface area contributed by atoms with Gasteiger partial charge in [0.2, 0.25) is 5.91 Å². The van der Waals surface area contributed by atoms with Crippen LogP contribution >= 0.6 is 0 Å². The largest absolute Gasteiger partial charge is 0.368 e. The van der Waals surface area contributed by atoms with E-state index in [4.69, 9.17) is 10.5 Å². The third kappa shape index (κ3) is 4.79. The number of carbonyl (C=O) groups is 1. The number of nitrogens with two attached hydrogens (primary N) is 1. The van der Waals surface area contributed by atoms with Crippen molar-refractivity contribution in [2.75, 3.05) is 6.61 Å². The van der Waals surface area contributed by atoms with E-state index in [0.717, 1.165) is 0 Å². The first-order valence-electron chi connectivity index (χ1n) is 3.98. The molecule has 1 atom stereocenters. The third-order valence-corrected chi connectivity index (χ3v) is 1.32. The molecule has 0 saturated heterocycles. The van der Waals surface area contributed by atoms with Gasteiger partial charge in [0.05, 0.1) is 0 Å². The van der Waals surface area contributed by atoms with E-state index in [0.29, 0.717) is 18.9 Å². The highest BCUT2D eigenvalue weighted by molar-refractivity contribution is 5.78. The van der Waals surface area contributed by atoms with Gasteiger partial charge in [-0.3, -0.25) is 4.79 Å². The van der Waals surface area contributed by atoms with Crippen LogP contribution in [0.4, 0.5) is 0 Å². The number of amides is 1. The average Bonchev–Trinajstić information content (AvgIpc) is 1.87. The Morgan fingerprint density at radius 3 is 2.36 bits per heavy atom. The lowest BCUT2D eigenvalue weighted by molar-refractivity contribution is -0.130. The Balaban J connectivity index is 3.61. The highest BCUT2D eigenvalue weighted by Gasteiger charge is 2.12. The van der Waals surface area contributed by atoms with Crippen molar-refractivity contribution in [3.05, 3.63) is 0 Å². The molecule has 0 rings (SSSR count). The number of ether oxygens (including phenoxy) is 1. The van der Waals surface area contributed by atoms with E-state index in [9.17, 15) is 4.79 Å². The summed E-state index contributed by atoms with van der Waals surface area (Å²) in [5, 5.41) is 0. The molecule has 0 heterocycles. The summed E-state index contributed by atoms with van der Waals surface area (Å²) in [7, 11) is 0. The van der Waals surface area contributed by atoms with E-state index in [2.05, 4.69) is 0 Å². The molecule has 0 aliphatic rings. The fourth-order valence-electron chi connectivity index (χ4n) is 0.710. The van der Waals surface area contributed by atoms with Gasteiger partial charge in [0.1, 0.15) is 6.10 Å². The van der Waals surface area contributed by atoms with Crippen LogP contribution < -0.4 is 5.73 Å². The summed E-state index contributed by atoms with van der Waals surface area (Å²) in [6, 6.07) is 0. The van der Waals surface area contributed by atoms with Gasteiger partial charge in [0.15, 0.2) is 0 Å². The first-order chi connectivity index (χ1) is 5.07. The monoisotopic (exact) mass is 159 g/mol. The maximum Gasteiger partial charge on any atom is 0.246 e. The smallest absolute Gasteiger partial charge is 0.246 e. The Labute approximate surface area is 67.9 Å². The van der Waals surface area contributed by atoms with Crippen LogP contribution in [-0.4, -0.2) is 18.6 Å². The Hall–Kier alpha value is -0.570. The average molecular weight is 159 g/mol. The highest BCUT2D eigenvalue weighted by atomic mass is 16.5. The number of hydrogen-bond acceptors (Lipinski definition) is 2. The zero-order valence-electron chi connectivity index (χ0n) is 7.46. The summed E-state index contributed by atoms with van der Waals surface area (Å²) in [6.07, 6.45) is 0.250. The van der Waals surface area contributed by atoms with Crippen molar-refractivity contribution in [2.45, 2.75) is 33.3 Å². The SMILES string of the molecule is CCC(OCC(C)C)C(N)=O. The molecule has 0 fully saturated rings. The second kappa shape index (κ2) is 5.13. The maximum atomic E-state index is 10.6. The minimum absolute atomic E-state index is 0.367. The quantitative estimate of drug-likeness (QED) is 0.648. The summed E-state index contributed by atoms with van der Waals surface area (Å²) >= 11 is 0. The Bertz CT molecular complexity index is 123. The van der Waals surface area contributed by atoms with Gasteiger partial charge in [-0.15, -0.1) is 0 Å². The van der Waals surface area contributed by atoms with E-state index in [-0.39, 0.29) is 5.91 Å². The lowest BCUT2D eigenvalue weighted by atomic mass is 10.2. The van der Waals surface area contributed by atoms with Crippen molar-refractivity contribution in [1.82, 2.24) is 0 Å². The molecule has 0 aromatic rings. The maximum absolute atomic E-state index is 10.6. The fourth-order valence-corrected chi connectivity index (χ4v) is 0.710. The zero-order chi connectivity index (χ0) is 8.85. The van der Waals surface area contributed by atoms with E-state index in [1.165, 1.54) is 0 Å². The second-order valence-corrected chi connectivity index (χ2v) is 3.03. The first-order valence-corrected chi connectivity index (χ1v) is 3.98. The van der Waals surface area contributed by atoms with Gasteiger partial charge in [-0.2, -0.15) is 0 Å². The molecule has 11 heavy (non-hydrogen) atoms. The van der Waals surface area contributed by atoms with Crippen molar-refractivity contribution in [3.8, 4) is 0 Å². The van der Waals surface area contributed by atoms with Gasteiger partial charge in [0.25, 0.3) is 0 Å². The molecule has 0 radical (unpaired) electrons. The first kappa shape index (κ1) is 10.4. The summed E-state index contributed by atoms with van der Waals surface area (Å²) in [5.41, 5.74) is 5.07. The predicted molar refractivity (Wildman–Crippen MR) is 44.1 cm³/mol. The highest BCUT2D eigenvalue weighted by Crippen LogP contribution is 2.00. The van der Waals surface area contributed by atoms with Crippen molar-refractivity contribution in [1.29, 1.82) is 0 Å². The molecule has 0 aromatic carbocycles. The summed E-state index contributed by atoms with van der Waals surface area (Å²) in [6.45, 7) is 6.55. The molecule has 0 aromatic heterocycles. The van der Waals surface area contributed by atoms with E-state index < -0.39 is 6.10 Å². The Morgan fingerprint density at radius 2 is 2.09 bits per heavy atom. The van der Waals surface area contributed by atoms with Crippen LogP contribution in [0.2, 0.25) is 0 Å². The van der Waals surface area contributed by atoms with Gasteiger partial charge < -0.3 is 10.5 Å². The van der Waals surface area contributed by atoms with Crippen molar-refractivity contribution in [2.24, 2.45) is 11.7 Å². The van der Waals surface area contributed by atoms with Crippen LogP contribution in [0.25, 0.3) is 0 Å². The molecule has 66 valence electrons. The molecule has 2 N–H and O–H groups in total. The number of hydrogen-bond donors (Lipinski definition) is 1. The normalized spacial score (nSPS) is 13.5. The van der Waals surface area contributed by atoms with Gasteiger partial charge in [-0.05, 0) is 12.3 Å². The predicted octanol–water partition coefficient (Wildman–Crippen LogP) is 0.923. The number of primary amides is 1. The van der Waals surface area contributed by atoms with Crippen molar-refractivity contribution in [3.63, 3.8) is 0 Å². The van der Waals surface area contributed by atoms with Crippen LogP contribution in [0.15, 0.2) is 0 Å². The molecule has 0 aliphatic carbocycles. The van der Waals surface area contributed by atoms with Crippen molar-refractivity contribution >= 4 is 5.91 Å². The number of rotatable bonds is 5. The summed E-state index contributed by atoms with van der Waals surface area (Å²) < 4.78 is 5.24. The topological polar surface area (TPSA) is 52.3 Å². The second-order valence-electron chi connectivity index (χ2n) is 3.03. The molecular weight excluding hydrogens is 142 g/mol. The Morgan fingerprint density at radius 1 is 1.55 bits per heavy atom. The van der Waals surface area contributed by atoms with Crippen LogP contribution in [0, 0.1) is 5.92 Å². The molecule has 0 saturated carbocycles. The van der Waals surface area contributed by atoms with Crippen LogP contribution in [0.1, 0.15) is 27.2 Å². The van der Waals surface area contributed by atoms with Gasteiger partial charge in [-0.1, -0.05) is 20.8 Å². The molecule has 0 aliphatic heterocycles. The van der Waals surface area contributed by atoms with Gasteiger partial charge in [-0.25, -0.2) is 0 Å². The minimum atomic E-state index is -0.405.